The average Bonchev–Trinajstić information content (AvgIpc) is 2.04. The van der Waals surface area contributed by atoms with Crippen molar-refractivity contribution in [3.8, 4) is 0 Å². The minimum absolute atomic E-state index is 0.221. The number of hydrogen-bond acceptors (Lipinski definition) is 1. The maximum Gasteiger partial charge on any atom is 0.225 e. The van der Waals surface area contributed by atoms with E-state index < -0.39 is 11.6 Å². The molecular weight excluding hydrogens is 162 g/mol. The Kier molecular flexibility index (Phi) is 2.69. The second-order valence-corrected chi connectivity index (χ2v) is 2.09. The first kappa shape index (κ1) is 8.59. The smallest absolute Gasteiger partial charge is 0.225 e. The van der Waals surface area contributed by atoms with E-state index in [9.17, 15) is 13.6 Å². The van der Waals surface area contributed by atoms with Gasteiger partial charge in [0.2, 0.25) is 6.29 Å². The summed E-state index contributed by atoms with van der Waals surface area (Å²) in [6.45, 7) is 0. The largest absolute Gasteiger partial charge is 0.286 e. The second-order valence-electron chi connectivity index (χ2n) is 2.09. The van der Waals surface area contributed by atoms with Gasteiger partial charge in [0.1, 0.15) is 11.6 Å². The SMILES string of the molecule is O=[C]/C=C/c1c(F)cccc1F. The lowest BCUT2D eigenvalue weighted by Gasteiger charge is -1.96. The van der Waals surface area contributed by atoms with E-state index in [1.165, 1.54) is 12.4 Å². The highest BCUT2D eigenvalue weighted by atomic mass is 19.1. The van der Waals surface area contributed by atoms with Gasteiger partial charge in [-0.2, -0.15) is 0 Å². The van der Waals surface area contributed by atoms with E-state index in [2.05, 4.69) is 0 Å². The lowest BCUT2D eigenvalue weighted by atomic mass is 10.2. The number of allylic oxidation sites excluding steroid dienone is 1. The predicted octanol–water partition coefficient (Wildman–Crippen LogP) is 2.09. The molecule has 0 amide bonds. The van der Waals surface area contributed by atoms with Gasteiger partial charge in [-0.25, -0.2) is 8.78 Å². The van der Waals surface area contributed by atoms with Gasteiger partial charge in [-0.1, -0.05) is 6.07 Å². The zero-order valence-electron chi connectivity index (χ0n) is 6.05. The second kappa shape index (κ2) is 3.76. The van der Waals surface area contributed by atoms with Crippen LogP contribution in [0, 0.1) is 11.6 Å². The third kappa shape index (κ3) is 1.75. The lowest BCUT2D eigenvalue weighted by Crippen LogP contribution is -1.86. The van der Waals surface area contributed by atoms with Crippen molar-refractivity contribution in [2.24, 2.45) is 0 Å². The van der Waals surface area contributed by atoms with Crippen molar-refractivity contribution < 1.29 is 13.6 Å². The third-order valence-corrected chi connectivity index (χ3v) is 1.32. The summed E-state index contributed by atoms with van der Waals surface area (Å²) >= 11 is 0. The van der Waals surface area contributed by atoms with Gasteiger partial charge in [0.05, 0.1) is 0 Å². The topological polar surface area (TPSA) is 17.1 Å². The molecule has 0 unspecified atom stereocenters. The molecule has 0 aliphatic carbocycles. The number of carbonyl (C=O) groups excluding carboxylic acids is 1. The molecule has 0 aliphatic rings. The molecule has 1 nitrogen and oxygen atoms in total. The molecule has 1 rings (SSSR count). The van der Waals surface area contributed by atoms with Crippen molar-refractivity contribution >= 4 is 12.4 Å². The Bertz CT molecular complexity index is 298. The summed E-state index contributed by atoms with van der Waals surface area (Å²) in [5, 5.41) is 0. The van der Waals surface area contributed by atoms with Gasteiger partial charge in [0.15, 0.2) is 0 Å². The van der Waals surface area contributed by atoms with Crippen LogP contribution in [0.15, 0.2) is 24.3 Å². The number of halogens is 2. The van der Waals surface area contributed by atoms with E-state index in [0.29, 0.717) is 0 Å². The standard InChI is InChI=1S/C9H5F2O/c10-8-4-1-5-9(11)7(8)3-2-6-12/h1-5H/b3-2+. The van der Waals surface area contributed by atoms with Crippen LogP contribution in [-0.2, 0) is 4.79 Å². The van der Waals surface area contributed by atoms with Crippen molar-refractivity contribution in [3.05, 3.63) is 41.5 Å². The van der Waals surface area contributed by atoms with E-state index >= 15 is 0 Å². The summed E-state index contributed by atoms with van der Waals surface area (Å²) in [4.78, 5) is 9.74. The van der Waals surface area contributed by atoms with E-state index in [0.717, 1.165) is 24.3 Å². The van der Waals surface area contributed by atoms with Crippen LogP contribution in [0.5, 0.6) is 0 Å². The molecule has 1 aromatic carbocycles. The van der Waals surface area contributed by atoms with Crippen molar-refractivity contribution in [3.63, 3.8) is 0 Å². The summed E-state index contributed by atoms with van der Waals surface area (Å²) < 4.78 is 25.5. The van der Waals surface area contributed by atoms with Gasteiger partial charge in [0.25, 0.3) is 0 Å². The van der Waals surface area contributed by atoms with Crippen molar-refractivity contribution in [2.45, 2.75) is 0 Å². The minimum atomic E-state index is -0.693. The highest BCUT2D eigenvalue weighted by Gasteiger charge is 2.03. The van der Waals surface area contributed by atoms with Gasteiger partial charge < -0.3 is 0 Å². The Morgan fingerprint density at radius 3 is 2.33 bits per heavy atom. The molecule has 3 heteroatoms. The van der Waals surface area contributed by atoms with Crippen LogP contribution in [0.4, 0.5) is 8.78 Å². The highest BCUT2D eigenvalue weighted by Crippen LogP contribution is 2.12. The molecule has 0 saturated heterocycles. The summed E-state index contributed by atoms with van der Waals surface area (Å²) in [6, 6.07) is 3.49. The molecule has 0 fully saturated rings. The quantitative estimate of drug-likeness (QED) is 0.616. The number of benzene rings is 1. The van der Waals surface area contributed by atoms with Crippen LogP contribution in [0.3, 0.4) is 0 Å². The molecule has 1 aromatic rings. The Morgan fingerprint density at radius 2 is 1.83 bits per heavy atom. The van der Waals surface area contributed by atoms with Crippen LogP contribution in [0.2, 0.25) is 0 Å². The summed E-state index contributed by atoms with van der Waals surface area (Å²) in [6.07, 6.45) is 3.36. The van der Waals surface area contributed by atoms with Crippen LogP contribution < -0.4 is 0 Å². The van der Waals surface area contributed by atoms with Gasteiger partial charge >= 0.3 is 0 Å². The van der Waals surface area contributed by atoms with Crippen LogP contribution in [0.1, 0.15) is 5.56 Å². The molecule has 0 atom stereocenters. The van der Waals surface area contributed by atoms with Crippen molar-refractivity contribution in [1.82, 2.24) is 0 Å². The molecule has 0 aliphatic heterocycles. The highest BCUT2D eigenvalue weighted by molar-refractivity contribution is 5.74. The van der Waals surface area contributed by atoms with Crippen molar-refractivity contribution in [1.29, 1.82) is 0 Å². The molecular formula is C9H5F2O. The first-order valence-electron chi connectivity index (χ1n) is 3.24. The lowest BCUT2D eigenvalue weighted by molar-refractivity contribution is 0.564. The fourth-order valence-electron chi connectivity index (χ4n) is 0.787. The molecule has 0 saturated carbocycles. The Morgan fingerprint density at radius 1 is 1.25 bits per heavy atom. The maximum atomic E-state index is 12.8. The summed E-state index contributed by atoms with van der Waals surface area (Å²) in [7, 11) is 0. The summed E-state index contributed by atoms with van der Waals surface area (Å²) in [5.74, 6) is -1.39. The van der Waals surface area contributed by atoms with Gasteiger partial charge in [-0.05, 0) is 24.3 Å². The van der Waals surface area contributed by atoms with E-state index in [1.54, 1.807) is 0 Å². The molecule has 0 spiro atoms. The zero-order valence-corrected chi connectivity index (χ0v) is 6.05. The fraction of sp³-hybridized carbons (Fsp3) is 0. The minimum Gasteiger partial charge on any atom is -0.286 e. The number of hydrogen-bond donors (Lipinski definition) is 0. The fourth-order valence-corrected chi connectivity index (χ4v) is 0.787. The molecule has 61 valence electrons. The van der Waals surface area contributed by atoms with E-state index in [4.69, 9.17) is 0 Å². The maximum absolute atomic E-state index is 12.8. The van der Waals surface area contributed by atoms with E-state index in [1.807, 2.05) is 0 Å². The third-order valence-electron chi connectivity index (χ3n) is 1.32. The Balaban J connectivity index is 3.12. The molecule has 0 N–H and O–H groups in total. The zero-order chi connectivity index (χ0) is 8.97. The van der Waals surface area contributed by atoms with Crippen LogP contribution >= 0.6 is 0 Å². The van der Waals surface area contributed by atoms with Gasteiger partial charge in [0, 0.05) is 5.56 Å². The first-order chi connectivity index (χ1) is 5.75. The molecule has 0 heterocycles. The Labute approximate surface area is 68.3 Å². The normalized spacial score (nSPS) is 10.5. The first-order valence-corrected chi connectivity index (χ1v) is 3.24. The molecule has 0 bridgehead atoms. The van der Waals surface area contributed by atoms with Gasteiger partial charge in [-0.3, -0.25) is 4.79 Å². The predicted molar refractivity (Wildman–Crippen MR) is 41.1 cm³/mol. The molecule has 0 aromatic heterocycles. The monoisotopic (exact) mass is 167 g/mol. The molecule has 1 radical (unpaired) electrons. The van der Waals surface area contributed by atoms with Crippen LogP contribution in [-0.4, -0.2) is 6.29 Å². The van der Waals surface area contributed by atoms with E-state index in [-0.39, 0.29) is 5.56 Å². The Hall–Kier alpha value is -1.51. The number of rotatable bonds is 2. The summed E-state index contributed by atoms with van der Waals surface area (Å²) in [5.41, 5.74) is -0.221. The average molecular weight is 167 g/mol. The van der Waals surface area contributed by atoms with Crippen molar-refractivity contribution in [2.75, 3.05) is 0 Å². The van der Waals surface area contributed by atoms with Gasteiger partial charge in [-0.15, -0.1) is 0 Å². The van der Waals surface area contributed by atoms with Crippen LogP contribution in [0.25, 0.3) is 6.08 Å². The molecule has 12 heavy (non-hydrogen) atoms.